The Labute approximate surface area is 96.6 Å². The van der Waals surface area contributed by atoms with Crippen LogP contribution >= 0.6 is 0 Å². The summed E-state index contributed by atoms with van der Waals surface area (Å²) < 4.78 is 5.29. The smallest absolute Gasteiger partial charge is 0.410 e. The van der Waals surface area contributed by atoms with Gasteiger partial charge in [0.05, 0.1) is 6.10 Å². The minimum Gasteiger partial charge on any atom is -0.444 e. The Balaban J connectivity index is 1.83. The molecule has 2 rings (SSSR count). The molecule has 4 nitrogen and oxygen atoms in total. The number of carbonyl (C=O) groups is 1. The molecule has 2 atom stereocenters. The summed E-state index contributed by atoms with van der Waals surface area (Å²) in [6.45, 7) is 9.14. The van der Waals surface area contributed by atoms with Crippen molar-refractivity contribution < 1.29 is 14.6 Å². The van der Waals surface area contributed by atoms with Gasteiger partial charge in [-0.05, 0) is 33.1 Å². The lowest BCUT2D eigenvalue weighted by Gasteiger charge is -2.61. The van der Waals surface area contributed by atoms with Crippen LogP contribution in [0.15, 0.2) is 0 Å². The van der Waals surface area contributed by atoms with E-state index in [1.54, 1.807) is 4.90 Å². The first kappa shape index (κ1) is 11.7. The lowest BCUT2D eigenvalue weighted by atomic mass is 9.55. The molecule has 92 valence electrons. The fraction of sp³-hybridized carbons (Fsp3) is 0.917. The molecule has 1 amide bonds. The molecule has 1 saturated carbocycles. The van der Waals surface area contributed by atoms with Gasteiger partial charge in [-0.1, -0.05) is 6.92 Å². The van der Waals surface area contributed by atoms with Crippen LogP contribution < -0.4 is 0 Å². The quantitative estimate of drug-likeness (QED) is 0.684. The zero-order chi connectivity index (χ0) is 12.1. The highest BCUT2D eigenvalue weighted by Gasteiger charge is 2.59. The zero-order valence-corrected chi connectivity index (χ0v) is 10.5. The molecule has 1 aliphatic heterocycles. The van der Waals surface area contributed by atoms with E-state index < -0.39 is 5.60 Å². The molecule has 1 unspecified atom stereocenters. The number of rotatable bonds is 0. The lowest BCUT2D eigenvalue weighted by Crippen LogP contribution is -2.69. The number of hydrogen-bond donors (Lipinski definition) is 1. The summed E-state index contributed by atoms with van der Waals surface area (Å²) in [5.41, 5.74) is -0.249. The normalized spacial score (nSPS) is 31.9. The number of nitrogens with zero attached hydrogens (tertiary/aromatic N) is 1. The number of carbonyl (C=O) groups excluding carboxylic acids is 1. The third kappa shape index (κ3) is 1.79. The molecule has 1 heterocycles. The van der Waals surface area contributed by atoms with Gasteiger partial charge in [0, 0.05) is 18.5 Å². The standard InChI is InChI=1S/C12H21NO3/c1-8-9(14)5-12(8)6-13(7-12)10(15)16-11(2,3)4/h8-9,14H,5-7H2,1-4H3/t8?,9-/m0/s1. The summed E-state index contributed by atoms with van der Waals surface area (Å²) in [5, 5.41) is 9.49. The van der Waals surface area contributed by atoms with Crippen molar-refractivity contribution in [3.8, 4) is 0 Å². The van der Waals surface area contributed by atoms with Crippen molar-refractivity contribution in [1.29, 1.82) is 0 Å². The number of aliphatic hydroxyl groups excluding tert-OH is 1. The highest BCUT2D eigenvalue weighted by Crippen LogP contribution is 2.52. The Hall–Kier alpha value is -0.770. The van der Waals surface area contributed by atoms with Gasteiger partial charge in [-0.25, -0.2) is 4.79 Å². The molecule has 0 aromatic rings. The third-order valence-corrected chi connectivity index (χ3v) is 3.82. The predicted molar refractivity (Wildman–Crippen MR) is 60.0 cm³/mol. The molecule has 1 saturated heterocycles. The van der Waals surface area contributed by atoms with E-state index in [-0.39, 0.29) is 17.6 Å². The molecule has 0 radical (unpaired) electrons. The minimum atomic E-state index is -0.426. The topological polar surface area (TPSA) is 49.8 Å². The largest absolute Gasteiger partial charge is 0.444 e. The molecule has 2 fully saturated rings. The van der Waals surface area contributed by atoms with Gasteiger partial charge in [-0.15, -0.1) is 0 Å². The average molecular weight is 227 g/mol. The monoisotopic (exact) mass is 227 g/mol. The average Bonchev–Trinajstić information content (AvgIpc) is 2.06. The number of hydrogen-bond acceptors (Lipinski definition) is 3. The van der Waals surface area contributed by atoms with Crippen molar-refractivity contribution in [2.24, 2.45) is 11.3 Å². The van der Waals surface area contributed by atoms with Crippen LogP contribution in [0, 0.1) is 11.3 Å². The van der Waals surface area contributed by atoms with E-state index in [4.69, 9.17) is 4.74 Å². The number of amides is 1. The fourth-order valence-corrected chi connectivity index (χ4v) is 2.61. The van der Waals surface area contributed by atoms with Crippen molar-refractivity contribution in [3.63, 3.8) is 0 Å². The maximum Gasteiger partial charge on any atom is 0.410 e. The minimum absolute atomic E-state index is 0.177. The van der Waals surface area contributed by atoms with Crippen LogP contribution in [0.4, 0.5) is 4.79 Å². The second-order valence-corrected chi connectivity index (χ2v) is 6.26. The van der Waals surface area contributed by atoms with Crippen molar-refractivity contribution in [2.75, 3.05) is 13.1 Å². The van der Waals surface area contributed by atoms with E-state index >= 15 is 0 Å². The van der Waals surface area contributed by atoms with Crippen molar-refractivity contribution in [3.05, 3.63) is 0 Å². The Bertz CT molecular complexity index is 302. The van der Waals surface area contributed by atoms with Crippen LogP contribution in [0.3, 0.4) is 0 Å². The van der Waals surface area contributed by atoms with Crippen LogP contribution in [-0.4, -0.2) is 40.9 Å². The summed E-state index contributed by atoms with van der Waals surface area (Å²) >= 11 is 0. The Kier molecular flexibility index (Phi) is 2.46. The van der Waals surface area contributed by atoms with E-state index in [0.717, 1.165) is 19.5 Å². The maximum absolute atomic E-state index is 11.7. The Morgan fingerprint density at radius 1 is 1.44 bits per heavy atom. The van der Waals surface area contributed by atoms with Crippen LogP contribution in [0.5, 0.6) is 0 Å². The molecule has 0 bridgehead atoms. The highest BCUT2D eigenvalue weighted by molar-refractivity contribution is 5.69. The maximum atomic E-state index is 11.7. The van der Waals surface area contributed by atoms with Crippen LogP contribution in [-0.2, 0) is 4.74 Å². The molecular formula is C12H21NO3. The molecule has 0 aromatic carbocycles. The van der Waals surface area contributed by atoms with Gasteiger partial charge < -0.3 is 14.7 Å². The van der Waals surface area contributed by atoms with Crippen LogP contribution in [0.25, 0.3) is 0 Å². The van der Waals surface area contributed by atoms with E-state index in [2.05, 4.69) is 6.92 Å². The summed E-state index contributed by atoms with van der Waals surface area (Å²) in [7, 11) is 0. The summed E-state index contributed by atoms with van der Waals surface area (Å²) in [6, 6.07) is 0. The van der Waals surface area contributed by atoms with Crippen molar-refractivity contribution in [1.82, 2.24) is 4.90 Å². The highest BCUT2D eigenvalue weighted by atomic mass is 16.6. The molecule has 2 aliphatic rings. The molecule has 0 aromatic heterocycles. The van der Waals surface area contributed by atoms with E-state index in [9.17, 15) is 9.90 Å². The molecule has 1 spiro atoms. The van der Waals surface area contributed by atoms with Crippen LogP contribution in [0.1, 0.15) is 34.1 Å². The first-order chi connectivity index (χ1) is 7.23. The third-order valence-electron chi connectivity index (χ3n) is 3.82. The zero-order valence-electron chi connectivity index (χ0n) is 10.5. The Morgan fingerprint density at radius 2 is 2.00 bits per heavy atom. The van der Waals surface area contributed by atoms with Gasteiger partial charge in [0.2, 0.25) is 0 Å². The fourth-order valence-electron chi connectivity index (χ4n) is 2.61. The molecule has 1 aliphatic carbocycles. The number of ether oxygens (including phenoxy) is 1. The SMILES string of the molecule is CC1[C@@H](O)CC12CN(C(=O)OC(C)(C)C)C2. The molecular weight excluding hydrogens is 206 g/mol. The summed E-state index contributed by atoms with van der Waals surface area (Å²) in [4.78, 5) is 13.4. The van der Waals surface area contributed by atoms with Crippen molar-refractivity contribution >= 4 is 6.09 Å². The van der Waals surface area contributed by atoms with E-state index in [1.165, 1.54) is 0 Å². The summed E-state index contributed by atoms with van der Waals surface area (Å²) in [6.07, 6.45) is 0.417. The van der Waals surface area contributed by atoms with Crippen molar-refractivity contribution in [2.45, 2.75) is 45.8 Å². The molecule has 1 N–H and O–H groups in total. The van der Waals surface area contributed by atoms with Gasteiger partial charge >= 0.3 is 6.09 Å². The van der Waals surface area contributed by atoms with Gasteiger partial charge in [0.25, 0.3) is 0 Å². The number of aliphatic hydroxyl groups is 1. The lowest BCUT2D eigenvalue weighted by molar-refractivity contribution is -0.172. The van der Waals surface area contributed by atoms with Gasteiger partial charge in [0.15, 0.2) is 0 Å². The molecule has 4 heteroatoms. The molecule has 16 heavy (non-hydrogen) atoms. The van der Waals surface area contributed by atoms with E-state index in [0.29, 0.717) is 5.92 Å². The van der Waals surface area contributed by atoms with E-state index in [1.807, 2.05) is 20.8 Å². The van der Waals surface area contributed by atoms with Gasteiger partial charge in [0.1, 0.15) is 5.60 Å². The summed E-state index contributed by atoms with van der Waals surface area (Å²) in [5.74, 6) is 0.311. The Morgan fingerprint density at radius 3 is 2.38 bits per heavy atom. The predicted octanol–water partition coefficient (Wildman–Crippen LogP) is 1.62. The second-order valence-electron chi connectivity index (χ2n) is 6.26. The first-order valence-electron chi connectivity index (χ1n) is 5.89. The van der Waals surface area contributed by atoms with Gasteiger partial charge in [-0.3, -0.25) is 0 Å². The van der Waals surface area contributed by atoms with Crippen LogP contribution in [0.2, 0.25) is 0 Å². The second kappa shape index (κ2) is 3.36. The number of likely N-dealkylation sites (tertiary alicyclic amines) is 1. The first-order valence-corrected chi connectivity index (χ1v) is 5.89. The van der Waals surface area contributed by atoms with Gasteiger partial charge in [-0.2, -0.15) is 0 Å².